The van der Waals surface area contributed by atoms with Gasteiger partial charge in [0, 0.05) is 17.4 Å². The molecule has 0 atom stereocenters. The number of benzene rings is 2. The van der Waals surface area contributed by atoms with Crippen molar-refractivity contribution in [1.29, 1.82) is 0 Å². The van der Waals surface area contributed by atoms with Crippen LogP contribution in [-0.2, 0) is 4.74 Å². The molecule has 0 aliphatic carbocycles. The number of nitrogens with zero attached hydrogens (tertiary/aromatic N) is 2. The number of amides is 1. The lowest BCUT2D eigenvalue weighted by molar-refractivity contribution is 0.0600. The summed E-state index contributed by atoms with van der Waals surface area (Å²) in [5, 5.41) is 6.03. The van der Waals surface area contributed by atoms with Crippen LogP contribution in [0.4, 0.5) is 17.2 Å². The number of nitrogens with one attached hydrogen (secondary N) is 2. The van der Waals surface area contributed by atoms with E-state index in [9.17, 15) is 9.59 Å². The van der Waals surface area contributed by atoms with E-state index in [0.29, 0.717) is 22.9 Å². The Bertz CT molecular complexity index is 1060. The minimum atomic E-state index is -0.473. The zero-order valence-electron chi connectivity index (χ0n) is 16.7. The first kappa shape index (κ1) is 20.0. The van der Waals surface area contributed by atoms with Gasteiger partial charge in [0.2, 0.25) is 0 Å². The minimum Gasteiger partial charge on any atom is -0.465 e. The highest BCUT2D eigenvalue weighted by Gasteiger charge is 2.13. The normalized spacial score (nSPS) is 10.3. The van der Waals surface area contributed by atoms with Crippen LogP contribution in [-0.4, -0.2) is 29.0 Å². The Balaban J connectivity index is 1.84. The van der Waals surface area contributed by atoms with Crippen LogP contribution >= 0.6 is 0 Å². The fraction of sp³-hybridized carbons (Fsp3) is 0.182. The number of hydrogen-bond donors (Lipinski definition) is 2. The second-order valence-electron chi connectivity index (χ2n) is 6.60. The molecule has 3 aromatic rings. The average Bonchev–Trinajstić information content (AvgIpc) is 2.70. The molecule has 0 aliphatic heterocycles. The van der Waals surface area contributed by atoms with Crippen molar-refractivity contribution in [2.24, 2.45) is 0 Å². The molecule has 0 bridgehead atoms. The molecule has 0 saturated carbocycles. The van der Waals surface area contributed by atoms with Gasteiger partial charge in [0.15, 0.2) is 0 Å². The van der Waals surface area contributed by atoms with E-state index in [1.165, 1.54) is 7.11 Å². The van der Waals surface area contributed by atoms with Gasteiger partial charge in [-0.1, -0.05) is 24.3 Å². The third kappa shape index (κ3) is 4.76. The van der Waals surface area contributed by atoms with Crippen molar-refractivity contribution in [3.05, 3.63) is 76.7 Å². The summed E-state index contributed by atoms with van der Waals surface area (Å²) < 4.78 is 4.71. The number of carbonyl (C=O) groups excluding carboxylic acids is 2. The monoisotopic (exact) mass is 390 g/mol. The standard InChI is InChI=1S/C22H22N4O3/c1-13-7-5-8-14(2)20(13)26-19-12-18(23-15(3)24-19)21(27)25-17-10-6-9-16(11-17)22(28)29-4/h5-12H,1-4H3,(H,25,27)(H,23,24,26). The van der Waals surface area contributed by atoms with Crippen LogP contribution < -0.4 is 10.6 Å². The second kappa shape index (κ2) is 8.52. The van der Waals surface area contributed by atoms with Gasteiger partial charge in [-0.3, -0.25) is 4.79 Å². The number of esters is 1. The summed E-state index contributed by atoms with van der Waals surface area (Å²) >= 11 is 0. The largest absolute Gasteiger partial charge is 0.465 e. The molecule has 7 nitrogen and oxygen atoms in total. The summed E-state index contributed by atoms with van der Waals surface area (Å²) in [6.07, 6.45) is 0. The van der Waals surface area contributed by atoms with Crippen LogP contribution in [0.15, 0.2) is 48.5 Å². The van der Waals surface area contributed by atoms with Crippen molar-refractivity contribution in [3.63, 3.8) is 0 Å². The van der Waals surface area contributed by atoms with E-state index in [2.05, 4.69) is 20.6 Å². The van der Waals surface area contributed by atoms with Gasteiger partial charge in [0.1, 0.15) is 17.3 Å². The van der Waals surface area contributed by atoms with E-state index in [4.69, 9.17) is 4.74 Å². The van der Waals surface area contributed by atoms with Crippen molar-refractivity contribution >= 4 is 29.1 Å². The third-order valence-electron chi connectivity index (χ3n) is 4.35. The fourth-order valence-corrected chi connectivity index (χ4v) is 2.92. The minimum absolute atomic E-state index is 0.217. The van der Waals surface area contributed by atoms with Gasteiger partial charge in [-0.05, 0) is 50.1 Å². The molecule has 148 valence electrons. The Hall–Kier alpha value is -3.74. The van der Waals surface area contributed by atoms with Gasteiger partial charge < -0.3 is 15.4 Å². The van der Waals surface area contributed by atoms with Crippen molar-refractivity contribution < 1.29 is 14.3 Å². The quantitative estimate of drug-likeness (QED) is 0.635. The molecule has 29 heavy (non-hydrogen) atoms. The number of carbonyl (C=O) groups is 2. The van der Waals surface area contributed by atoms with Gasteiger partial charge in [-0.2, -0.15) is 0 Å². The maximum atomic E-state index is 12.7. The summed E-state index contributed by atoms with van der Waals surface area (Å²) in [5.74, 6) is 0.124. The van der Waals surface area contributed by atoms with Crippen molar-refractivity contribution in [3.8, 4) is 0 Å². The SMILES string of the molecule is COC(=O)c1cccc(NC(=O)c2cc(Nc3c(C)cccc3C)nc(C)n2)c1. The zero-order chi connectivity index (χ0) is 21.0. The first-order chi connectivity index (χ1) is 13.9. The van der Waals surface area contributed by atoms with Gasteiger partial charge in [-0.15, -0.1) is 0 Å². The number of aromatic nitrogens is 2. The summed E-state index contributed by atoms with van der Waals surface area (Å²) in [6, 6.07) is 14.1. The number of para-hydroxylation sites is 1. The third-order valence-corrected chi connectivity index (χ3v) is 4.35. The Kier molecular flexibility index (Phi) is 5.87. The molecule has 0 saturated heterocycles. The van der Waals surface area contributed by atoms with Crippen molar-refractivity contribution in [2.75, 3.05) is 17.7 Å². The average molecular weight is 390 g/mol. The van der Waals surface area contributed by atoms with E-state index in [1.54, 1.807) is 37.3 Å². The maximum absolute atomic E-state index is 12.7. The Labute approximate surface area is 169 Å². The molecular formula is C22H22N4O3. The van der Waals surface area contributed by atoms with E-state index >= 15 is 0 Å². The van der Waals surface area contributed by atoms with Crippen LogP contribution in [0.3, 0.4) is 0 Å². The predicted octanol–water partition coefficient (Wildman–Crippen LogP) is 4.18. The molecule has 0 radical (unpaired) electrons. The molecule has 0 aliphatic rings. The molecule has 2 aromatic carbocycles. The maximum Gasteiger partial charge on any atom is 0.337 e. The van der Waals surface area contributed by atoms with Crippen LogP contribution in [0, 0.1) is 20.8 Å². The van der Waals surface area contributed by atoms with Crippen LogP contribution in [0.2, 0.25) is 0 Å². The van der Waals surface area contributed by atoms with Gasteiger partial charge in [0.25, 0.3) is 5.91 Å². The summed E-state index contributed by atoms with van der Waals surface area (Å²) in [5.41, 5.74) is 4.14. The molecule has 7 heteroatoms. The highest BCUT2D eigenvalue weighted by molar-refractivity contribution is 6.04. The zero-order valence-corrected chi connectivity index (χ0v) is 16.7. The molecule has 1 heterocycles. The molecule has 3 rings (SSSR count). The first-order valence-electron chi connectivity index (χ1n) is 9.06. The van der Waals surface area contributed by atoms with Crippen molar-refractivity contribution in [1.82, 2.24) is 9.97 Å². The van der Waals surface area contributed by atoms with Crippen LogP contribution in [0.25, 0.3) is 0 Å². The highest BCUT2D eigenvalue weighted by Crippen LogP contribution is 2.24. The van der Waals surface area contributed by atoms with Crippen LogP contribution in [0.5, 0.6) is 0 Å². The Morgan fingerprint density at radius 1 is 0.931 bits per heavy atom. The molecule has 0 fully saturated rings. The summed E-state index contributed by atoms with van der Waals surface area (Å²) in [4.78, 5) is 33.0. The number of anilines is 3. The van der Waals surface area contributed by atoms with E-state index in [0.717, 1.165) is 16.8 Å². The van der Waals surface area contributed by atoms with E-state index < -0.39 is 11.9 Å². The predicted molar refractivity (Wildman–Crippen MR) is 112 cm³/mol. The molecule has 1 amide bonds. The molecule has 0 unspecified atom stereocenters. The molecular weight excluding hydrogens is 368 g/mol. The van der Waals surface area contributed by atoms with Crippen molar-refractivity contribution in [2.45, 2.75) is 20.8 Å². The van der Waals surface area contributed by atoms with E-state index in [1.807, 2.05) is 32.0 Å². The summed E-state index contributed by atoms with van der Waals surface area (Å²) in [7, 11) is 1.31. The van der Waals surface area contributed by atoms with Gasteiger partial charge in [0.05, 0.1) is 12.7 Å². The Morgan fingerprint density at radius 2 is 1.62 bits per heavy atom. The van der Waals surface area contributed by atoms with Gasteiger partial charge >= 0.3 is 5.97 Å². The number of rotatable bonds is 5. The number of methoxy groups -OCH3 is 1. The first-order valence-corrected chi connectivity index (χ1v) is 9.06. The lowest BCUT2D eigenvalue weighted by atomic mass is 10.1. The number of aryl methyl sites for hydroxylation is 3. The fourth-order valence-electron chi connectivity index (χ4n) is 2.92. The number of ether oxygens (including phenoxy) is 1. The second-order valence-corrected chi connectivity index (χ2v) is 6.60. The Morgan fingerprint density at radius 3 is 2.31 bits per heavy atom. The number of hydrogen-bond acceptors (Lipinski definition) is 6. The van der Waals surface area contributed by atoms with E-state index in [-0.39, 0.29) is 5.69 Å². The molecule has 1 aromatic heterocycles. The smallest absolute Gasteiger partial charge is 0.337 e. The highest BCUT2D eigenvalue weighted by atomic mass is 16.5. The lowest BCUT2D eigenvalue weighted by Crippen LogP contribution is -2.16. The topological polar surface area (TPSA) is 93.2 Å². The summed E-state index contributed by atoms with van der Waals surface area (Å²) in [6.45, 7) is 5.74. The lowest BCUT2D eigenvalue weighted by Gasteiger charge is -2.13. The van der Waals surface area contributed by atoms with Gasteiger partial charge in [-0.25, -0.2) is 14.8 Å². The molecule has 0 spiro atoms. The van der Waals surface area contributed by atoms with Crippen LogP contribution in [0.1, 0.15) is 37.8 Å². The molecule has 2 N–H and O–H groups in total.